The summed E-state index contributed by atoms with van der Waals surface area (Å²) in [5, 5.41) is 20.5. The molecule has 2 aromatic rings. The van der Waals surface area contributed by atoms with Crippen LogP contribution in [0.25, 0.3) is 5.57 Å². The number of aliphatic hydroxyl groups is 2. The molecule has 2 aromatic carbocycles. The number of carbonyl (C=O) groups excluding carboxylic acids is 1. The van der Waals surface area contributed by atoms with Crippen LogP contribution in [0.4, 0.5) is 0 Å². The second-order valence-corrected chi connectivity index (χ2v) is 4.77. The lowest BCUT2D eigenvalue weighted by Crippen LogP contribution is -2.15. The Kier molecular flexibility index (Phi) is 3.56. The van der Waals surface area contributed by atoms with Crippen LogP contribution in [0.15, 0.2) is 66.2 Å². The fourth-order valence-electron chi connectivity index (χ4n) is 2.44. The number of aliphatic hydroxyl groups excluding tert-OH is 2. The lowest BCUT2D eigenvalue weighted by atomic mass is 9.94. The average Bonchev–Trinajstić information content (AvgIpc) is 2.82. The quantitative estimate of drug-likeness (QED) is 0.846. The van der Waals surface area contributed by atoms with Crippen molar-refractivity contribution < 1.29 is 19.7 Å². The van der Waals surface area contributed by atoms with Gasteiger partial charge in [-0.05, 0) is 11.1 Å². The van der Waals surface area contributed by atoms with Crippen molar-refractivity contribution in [2.24, 2.45) is 0 Å². The van der Waals surface area contributed by atoms with Gasteiger partial charge in [0.25, 0.3) is 0 Å². The number of benzene rings is 2. The zero-order valence-electron chi connectivity index (χ0n) is 11.1. The van der Waals surface area contributed by atoms with Gasteiger partial charge in [0.15, 0.2) is 0 Å². The standard InChI is InChI=1S/C17H14O4/c18-15(12-9-5-2-6-10-12)14-13(16(19)21-17(14)20)11-7-3-1-4-8-11/h1-10,15,17-18,20H/t15-,17-/m1/s1. The van der Waals surface area contributed by atoms with Crippen molar-refractivity contribution >= 4 is 11.5 Å². The largest absolute Gasteiger partial charge is 0.428 e. The number of hydrogen-bond acceptors (Lipinski definition) is 4. The van der Waals surface area contributed by atoms with Gasteiger partial charge in [0.2, 0.25) is 6.29 Å². The molecule has 0 unspecified atom stereocenters. The molecule has 0 radical (unpaired) electrons. The van der Waals surface area contributed by atoms with Gasteiger partial charge in [0, 0.05) is 5.57 Å². The SMILES string of the molecule is O=C1O[C@@H](O)C([C@H](O)c2ccccc2)=C1c1ccccc1. The third kappa shape index (κ3) is 2.46. The molecule has 0 aromatic heterocycles. The van der Waals surface area contributed by atoms with E-state index in [0.717, 1.165) is 0 Å². The zero-order chi connectivity index (χ0) is 14.8. The molecule has 3 rings (SSSR count). The van der Waals surface area contributed by atoms with Crippen LogP contribution in [0.3, 0.4) is 0 Å². The molecular formula is C17H14O4. The molecule has 21 heavy (non-hydrogen) atoms. The summed E-state index contributed by atoms with van der Waals surface area (Å²) in [6.07, 6.45) is -2.52. The first kappa shape index (κ1) is 13.5. The molecule has 2 N–H and O–H groups in total. The van der Waals surface area contributed by atoms with Crippen LogP contribution in [-0.4, -0.2) is 22.5 Å². The van der Waals surface area contributed by atoms with Crippen molar-refractivity contribution in [3.05, 3.63) is 77.4 Å². The van der Waals surface area contributed by atoms with Crippen molar-refractivity contribution in [1.82, 2.24) is 0 Å². The molecule has 2 atom stereocenters. The van der Waals surface area contributed by atoms with Gasteiger partial charge < -0.3 is 14.9 Å². The number of cyclic esters (lactones) is 1. The highest BCUT2D eigenvalue weighted by atomic mass is 16.6. The average molecular weight is 282 g/mol. The van der Waals surface area contributed by atoms with Gasteiger partial charge >= 0.3 is 5.97 Å². The highest BCUT2D eigenvalue weighted by molar-refractivity contribution is 6.19. The van der Waals surface area contributed by atoms with E-state index in [1.807, 2.05) is 12.1 Å². The van der Waals surface area contributed by atoms with Crippen LogP contribution in [-0.2, 0) is 9.53 Å². The van der Waals surface area contributed by atoms with E-state index in [-0.39, 0.29) is 11.1 Å². The van der Waals surface area contributed by atoms with Crippen LogP contribution in [0, 0.1) is 0 Å². The summed E-state index contributed by atoms with van der Waals surface area (Å²) >= 11 is 0. The van der Waals surface area contributed by atoms with Crippen LogP contribution in [0.2, 0.25) is 0 Å². The Balaban J connectivity index is 2.11. The molecule has 106 valence electrons. The molecule has 1 aliphatic heterocycles. The Bertz CT molecular complexity index is 676. The Labute approximate surface area is 121 Å². The summed E-state index contributed by atoms with van der Waals surface area (Å²) in [4.78, 5) is 12.0. The number of hydrogen-bond donors (Lipinski definition) is 2. The van der Waals surface area contributed by atoms with Crippen LogP contribution in [0.5, 0.6) is 0 Å². The topological polar surface area (TPSA) is 66.8 Å². The molecule has 0 spiro atoms. The number of esters is 1. The third-order valence-electron chi connectivity index (χ3n) is 3.45. The highest BCUT2D eigenvalue weighted by Crippen LogP contribution is 2.37. The summed E-state index contributed by atoms with van der Waals surface area (Å²) in [5.41, 5.74) is 1.61. The zero-order valence-corrected chi connectivity index (χ0v) is 11.1. The summed E-state index contributed by atoms with van der Waals surface area (Å²) in [6, 6.07) is 17.7. The van der Waals surface area contributed by atoms with Crippen molar-refractivity contribution in [1.29, 1.82) is 0 Å². The third-order valence-corrected chi connectivity index (χ3v) is 3.45. The highest BCUT2D eigenvalue weighted by Gasteiger charge is 2.37. The Morgan fingerprint density at radius 1 is 0.952 bits per heavy atom. The number of carbonyl (C=O) groups is 1. The molecule has 1 heterocycles. The molecule has 0 saturated carbocycles. The lowest BCUT2D eigenvalue weighted by molar-refractivity contribution is -0.151. The first-order valence-corrected chi connectivity index (χ1v) is 6.60. The van der Waals surface area contributed by atoms with Gasteiger partial charge in [0.1, 0.15) is 6.10 Å². The summed E-state index contributed by atoms with van der Waals surface area (Å²) in [5.74, 6) is -0.626. The van der Waals surface area contributed by atoms with E-state index in [1.54, 1.807) is 48.5 Å². The Morgan fingerprint density at radius 3 is 2.14 bits per heavy atom. The van der Waals surface area contributed by atoms with E-state index in [2.05, 4.69) is 0 Å². The summed E-state index contributed by atoms with van der Waals surface area (Å²) < 4.78 is 4.87. The molecule has 0 amide bonds. The minimum Gasteiger partial charge on any atom is -0.428 e. The minimum absolute atomic E-state index is 0.178. The summed E-state index contributed by atoms with van der Waals surface area (Å²) in [6.45, 7) is 0. The predicted molar refractivity (Wildman–Crippen MR) is 76.9 cm³/mol. The van der Waals surface area contributed by atoms with Crippen molar-refractivity contribution in [2.45, 2.75) is 12.4 Å². The molecule has 0 fully saturated rings. The number of ether oxygens (including phenoxy) is 1. The van der Waals surface area contributed by atoms with E-state index in [9.17, 15) is 15.0 Å². The second kappa shape index (κ2) is 5.52. The predicted octanol–water partition coefficient (Wildman–Crippen LogP) is 2.05. The first-order chi connectivity index (χ1) is 10.2. The van der Waals surface area contributed by atoms with Crippen LogP contribution in [0.1, 0.15) is 17.2 Å². The Hall–Kier alpha value is -2.43. The fourth-order valence-corrected chi connectivity index (χ4v) is 2.44. The van der Waals surface area contributed by atoms with Crippen LogP contribution >= 0.6 is 0 Å². The van der Waals surface area contributed by atoms with E-state index in [4.69, 9.17) is 4.74 Å². The maximum absolute atomic E-state index is 12.0. The molecular weight excluding hydrogens is 268 g/mol. The monoisotopic (exact) mass is 282 g/mol. The second-order valence-electron chi connectivity index (χ2n) is 4.77. The molecule has 0 aliphatic carbocycles. The lowest BCUT2D eigenvalue weighted by Gasteiger charge is -2.15. The van der Waals surface area contributed by atoms with E-state index in [0.29, 0.717) is 11.1 Å². The fraction of sp³-hybridized carbons (Fsp3) is 0.118. The van der Waals surface area contributed by atoms with Gasteiger partial charge in [0.05, 0.1) is 5.57 Å². The number of rotatable bonds is 3. The normalized spacial score (nSPS) is 19.5. The maximum Gasteiger partial charge on any atom is 0.341 e. The van der Waals surface area contributed by atoms with E-state index < -0.39 is 18.4 Å². The van der Waals surface area contributed by atoms with Gasteiger partial charge in [-0.15, -0.1) is 0 Å². The molecule has 1 aliphatic rings. The van der Waals surface area contributed by atoms with Crippen LogP contribution < -0.4 is 0 Å². The maximum atomic E-state index is 12.0. The van der Waals surface area contributed by atoms with Gasteiger partial charge in [-0.25, -0.2) is 4.79 Å². The molecule has 4 heteroatoms. The molecule has 0 saturated heterocycles. The molecule has 4 nitrogen and oxygen atoms in total. The van der Waals surface area contributed by atoms with Gasteiger partial charge in [-0.3, -0.25) is 0 Å². The van der Waals surface area contributed by atoms with Gasteiger partial charge in [-0.1, -0.05) is 60.7 Å². The van der Waals surface area contributed by atoms with Crippen molar-refractivity contribution in [3.8, 4) is 0 Å². The van der Waals surface area contributed by atoms with Crippen molar-refractivity contribution in [3.63, 3.8) is 0 Å². The van der Waals surface area contributed by atoms with E-state index >= 15 is 0 Å². The molecule has 0 bridgehead atoms. The Morgan fingerprint density at radius 2 is 1.52 bits per heavy atom. The first-order valence-electron chi connectivity index (χ1n) is 6.60. The summed E-state index contributed by atoms with van der Waals surface area (Å²) in [7, 11) is 0. The van der Waals surface area contributed by atoms with Gasteiger partial charge in [-0.2, -0.15) is 0 Å². The smallest absolute Gasteiger partial charge is 0.341 e. The minimum atomic E-state index is -1.43. The van der Waals surface area contributed by atoms with E-state index in [1.165, 1.54) is 0 Å². The van der Waals surface area contributed by atoms with Crippen molar-refractivity contribution in [2.75, 3.05) is 0 Å².